The lowest BCUT2D eigenvalue weighted by Crippen LogP contribution is -2.11. The van der Waals surface area contributed by atoms with E-state index in [1.54, 1.807) is 13.0 Å². The van der Waals surface area contributed by atoms with Gasteiger partial charge in [0.25, 0.3) is 0 Å². The smallest absolute Gasteiger partial charge is 0.224 e. The maximum atomic E-state index is 11.1. The molecule has 0 atom stereocenters. The van der Waals surface area contributed by atoms with Crippen LogP contribution in [0.2, 0.25) is 0 Å². The number of carbonyl (C=O) groups is 1. The molecule has 0 unspecified atom stereocenters. The topological polar surface area (TPSA) is 55.1 Å². The Morgan fingerprint density at radius 2 is 2.23 bits per heavy atom. The summed E-state index contributed by atoms with van der Waals surface area (Å²) in [4.78, 5) is 11.1. The number of hydrogen-bond donors (Lipinski definition) is 2. The lowest BCUT2D eigenvalue weighted by atomic mass is 10.2. The van der Waals surface area contributed by atoms with Gasteiger partial charge in [-0.2, -0.15) is 0 Å². The van der Waals surface area contributed by atoms with E-state index in [0.29, 0.717) is 17.8 Å². The quantitative estimate of drug-likeness (QED) is 0.680. The van der Waals surface area contributed by atoms with Crippen LogP contribution >= 0.6 is 0 Å². The molecule has 1 rings (SSSR count). The highest BCUT2D eigenvalue weighted by molar-refractivity contribution is 5.93. The lowest BCUT2D eigenvalue weighted by molar-refractivity contribution is -0.115. The number of amides is 1. The molecule has 0 aliphatic carbocycles. The van der Waals surface area contributed by atoms with Gasteiger partial charge in [0.2, 0.25) is 5.91 Å². The molecule has 0 bridgehead atoms. The van der Waals surface area contributed by atoms with E-state index in [2.05, 4.69) is 5.32 Å². The van der Waals surface area contributed by atoms with Crippen LogP contribution in [0.25, 0.3) is 0 Å². The van der Waals surface area contributed by atoms with Crippen LogP contribution < -0.4 is 11.1 Å². The molecule has 1 amide bonds. The minimum atomic E-state index is -0.0164. The number of carbonyl (C=O) groups excluding carboxylic acids is 1. The van der Waals surface area contributed by atoms with Crippen LogP contribution in [0.4, 0.5) is 11.4 Å². The Bertz CT molecular complexity index is 321. The summed E-state index contributed by atoms with van der Waals surface area (Å²) in [6.45, 7) is 3.77. The first kappa shape index (κ1) is 9.58. The molecular weight excluding hydrogens is 164 g/mol. The van der Waals surface area contributed by atoms with Gasteiger partial charge in [-0.3, -0.25) is 4.79 Å². The molecule has 0 aliphatic rings. The second kappa shape index (κ2) is 3.94. The van der Waals surface area contributed by atoms with E-state index in [0.717, 1.165) is 5.56 Å². The summed E-state index contributed by atoms with van der Waals surface area (Å²) in [5.41, 5.74) is 8.07. The largest absolute Gasteiger partial charge is 0.397 e. The molecule has 1 aromatic rings. The van der Waals surface area contributed by atoms with Gasteiger partial charge in [0.1, 0.15) is 0 Å². The van der Waals surface area contributed by atoms with E-state index in [1.807, 2.05) is 19.1 Å². The van der Waals surface area contributed by atoms with Crippen molar-refractivity contribution in [2.75, 3.05) is 11.1 Å². The van der Waals surface area contributed by atoms with E-state index in [1.165, 1.54) is 0 Å². The summed E-state index contributed by atoms with van der Waals surface area (Å²) in [6.07, 6.45) is 0.466. The molecule has 1 aromatic carbocycles. The molecule has 0 spiro atoms. The van der Waals surface area contributed by atoms with Crippen LogP contribution in [0.1, 0.15) is 18.9 Å². The molecule has 0 aliphatic heterocycles. The Balaban J connectivity index is 2.87. The number of nitrogens with one attached hydrogen (secondary N) is 1. The molecule has 3 heteroatoms. The van der Waals surface area contributed by atoms with Crippen LogP contribution in [-0.4, -0.2) is 5.91 Å². The van der Waals surface area contributed by atoms with Crippen molar-refractivity contribution in [3.63, 3.8) is 0 Å². The third-order valence-corrected chi connectivity index (χ3v) is 1.80. The van der Waals surface area contributed by atoms with Crippen molar-refractivity contribution in [1.29, 1.82) is 0 Å². The van der Waals surface area contributed by atoms with Gasteiger partial charge in [-0.25, -0.2) is 0 Å². The van der Waals surface area contributed by atoms with Crippen LogP contribution in [0, 0.1) is 6.92 Å². The summed E-state index contributed by atoms with van der Waals surface area (Å²) in [5, 5.41) is 2.74. The second-order valence-corrected chi connectivity index (χ2v) is 2.99. The summed E-state index contributed by atoms with van der Waals surface area (Å²) in [7, 11) is 0. The molecule has 0 saturated heterocycles. The average molecular weight is 178 g/mol. The molecule has 0 aromatic heterocycles. The van der Waals surface area contributed by atoms with Gasteiger partial charge in [0.05, 0.1) is 11.4 Å². The van der Waals surface area contributed by atoms with Gasteiger partial charge in [-0.05, 0) is 24.6 Å². The second-order valence-electron chi connectivity index (χ2n) is 2.99. The van der Waals surface area contributed by atoms with Crippen molar-refractivity contribution < 1.29 is 4.79 Å². The minimum absolute atomic E-state index is 0.0164. The standard InChI is InChI=1S/C10H14N2O/c1-3-10(13)12-9-6-7(2)4-5-8(9)11/h4-6H,3,11H2,1-2H3,(H,12,13). The lowest BCUT2D eigenvalue weighted by Gasteiger charge is -2.07. The number of benzene rings is 1. The monoisotopic (exact) mass is 178 g/mol. The Kier molecular flexibility index (Phi) is 2.90. The molecule has 70 valence electrons. The van der Waals surface area contributed by atoms with Crippen molar-refractivity contribution in [2.24, 2.45) is 0 Å². The molecule has 3 nitrogen and oxygen atoms in total. The Morgan fingerprint density at radius 3 is 2.85 bits per heavy atom. The number of hydrogen-bond acceptors (Lipinski definition) is 2. The van der Waals surface area contributed by atoms with E-state index < -0.39 is 0 Å². The minimum Gasteiger partial charge on any atom is -0.397 e. The molecule has 13 heavy (non-hydrogen) atoms. The molecule has 0 heterocycles. The molecule has 0 radical (unpaired) electrons. The molecule has 0 fully saturated rings. The zero-order chi connectivity index (χ0) is 9.84. The Morgan fingerprint density at radius 1 is 1.54 bits per heavy atom. The van der Waals surface area contributed by atoms with Gasteiger partial charge >= 0.3 is 0 Å². The number of aryl methyl sites for hydroxylation is 1. The van der Waals surface area contributed by atoms with Gasteiger partial charge in [0.15, 0.2) is 0 Å². The van der Waals surface area contributed by atoms with Crippen LogP contribution in [0.5, 0.6) is 0 Å². The van der Waals surface area contributed by atoms with Crippen LogP contribution in [0.3, 0.4) is 0 Å². The summed E-state index contributed by atoms with van der Waals surface area (Å²) in [6, 6.07) is 5.57. The van der Waals surface area contributed by atoms with Crippen LogP contribution in [-0.2, 0) is 4.79 Å². The zero-order valence-corrected chi connectivity index (χ0v) is 7.92. The average Bonchev–Trinajstić information content (AvgIpc) is 2.11. The maximum absolute atomic E-state index is 11.1. The van der Waals surface area contributed by atoms with E-state index in [-0.39, 0.29) is 5.91 Å². The predicted molar refractivity (Wildman–Crippen MR) is 54.5 cm³/mol. The van der Waals surface area contributed by atoms with Crippen molar-refractivity contribution >= 4 is 17.3 Å². The Labute approximate surface area is 77.9 Å². The first-order chi connectivity index (χ1) is 6.13. The van der Waals surface area contributed by atoms with Crippen molar-refractivity contribution in [1.82, 2.24) is 0 Å². The molecular formula is C10H14N2O. The molecule has 3 N–H and O–H groups in total. The van der Waals surface area contributed by atoms with Crippen LogP contribution in [0.15, 0.2) is 18.2 Å². The number of rotatable bonds is 2. The third kappa shape index (κ3) is 2.47. The summed E-state index contributed by atoms with van der Waals surface area (Å²) < 4.78 is 0. The van der Waals surface area contributed by atoms with Gasteiger partial charge in [0, 0.05) is 6.42 Å². The van der Waals surface area contributed by atoms with Crippen molar-refractivity contribution in [3.05, 3.63) is 23.8 Å². The summed E-state index contributed by atoms with van der Waals surface area (Å²) >= 11 is 0. The van der Waals surface area contributed by atoms with Gasteiger partial charge in [-0.1, -0.05) is 13.0 Å². The van der Waals surface area contributed by atoms with E-state index in [9.17, 15) is 4.79 Å². The molecule has 0 saturated carbocycles. The fourth-order valence-corrected chi connectivity index (χ4v) is 1.02. The van der Waals surface area contributed by atoms with E-state index in [4.69, 9.17) is 5.73 Å². The predicted octanol–water partition coefficient (Wildman–Crippen LogP) is 1.93. The van der Waals surface area contributed by atoms with Gasteiger partial charge in [-0.15, -0.1) is 0 Å². The maximum Gasteiger partial charge on any atom is 0.224 e. The SMILES string of the molecule is CCC(=O)Nc1cc(C)ccc1N. The highest BCUT2D eigenvalue weighted by atomic mass is 16.1. The van der Waals surface area contributed by atoms with Crippen molar-refractivity contribution in [3.8, 4) is 0 Å². The highest BCUT2D eigenvalue weighted by Gasteiger charge is 2.02. The fraction of sp³-hybridized carbons (Fsp3) is 0.300. The number of nitrogens with two attached hydrogens (primary N) is 1. The van der Waals surface area contributed by atoms with Crippen molar-refractivity contribution in [2.45, 2.75) is 20.3 Å². The number of anilines is 2. The summed E-state index contributed by atoms with van der Waals surface area (Å²) in [5.74, 6) is -0.0164. The Hall–Kier alpha value is -1.51. The normalized spacial score (nSPS) is 9.69. The van der Waals surface area contributed by atoms with E-state index >= 15 is 0 Å². The first-order valence-corrected chi connectivity index (χ1v) is 4.29. The highest BCUT2D eigenvalue weighted by Crippen LogP contribution is 2.19. The first-order valence-electron chi connectivity index (χ1n) is 4.29. The third-order valence-electron chi connectivity index (χ3n) is 1.80. The zero-order valence-electron chi connectivity index (χ0n) is 7.92. The fourth-order valence-electron chi connectivity index (χ4n) is 1.02. The number of nitrogen functional groups attached to an aromatic ring is 1. The van der Waals surface area contributed by atoms with Gasteiger partial charge < -0.3 is 11.1 Å².